The molecule has 31 heavy (non-hydrogen) atoms. The molecule has 1 amide bonds. The van der Waals surface area contributed by atoms with Crippen molar-refractivity contribution in [1.29, 1.82) is 0 Å². The smallest absolute Gasteiger partial charge is 0.407 e. The molecule has 2 aromatic rings. The SMILES string of the molecule is O=C(O)N1CCC[C@@H](Nc2cc(N3CC(c4ccc(F)cc4)C3)nc3c2[S@](=O)CC3)C1. The molecule has 0 saturated carbocycles. The number of fused-ring (bicyclic) bond motifs is 1. The van der Waals surface area contributed by atoms with Gasteiger partial charge in [-0.05, 0) is 30.5 Å². The number of aryl methyl sites for hydroxylation is 1. The fourth-order valence-electron chi connectivity index (χ4n) is 4.66. The first-order valence-corrected chi connectivity index (χ1v) is 12.0. The predicted octanol–water partition coefficient (Wildman–Crippen LogP) is 3.04. The first-order chi connectivity index (χ1) is 15.0. The van der Waals surface area contributed by atoms with Gasteiger partial charge in [-0.25, -0.2) is 14.2 Å². The lowest BCUT2D eigenvalue weighted by Crippen LogP contribution is -2.46. The number of aromatic nitrogens is 1. The highest BCUT2D eigenvalue weighted by Gasteiger charge is 2.33. The molecule has 2 fully saturated rings. The highest BCUT2D eigenvalue weighted by atomic mass is 32.2. The van der Waals surface area contributed by atoms with Crippen molar-refractivity contribution in [1.82, 2.24) is 9.88 Å². The summed E-state index contributed by atoms with van der Waals surface area (Å²) in [5.41, 5.74) is 2.81. The number of amides is 1. The quantitative estimate of drug-likeness (QED) is 0.754. The molecule has 1 aromatic carbocycles. The number of hydrogen-bond acceptors (Lipinski definition) is 5. The number of nitrogens with one attached hydrogen (secondary N) is 1. The number of nitrogens with zero attached hydrogens (tertiary/aromatic N) is 3. The Morgan fingerprint density at radius 1 is 1.23 bits per heavy atom. The van der Waals surface area contributed by atoms with Gasteiger partial charge in [0.15, 0.2) is 0 Å². The second-order valence-corrected chi connectivity index (χ2v) is 9.98. The molecule has 0 aliphatic carbocycles. The number of piperidine rings is 1. The Kier molecular flexibility index (Phi) is 5.29. The van der Waals surface area contributed by atoms with Crippen LogP contribution in [0, 0.1) is 5.82 Å². The Morgan fingerprint density at radius 3 is 2.74 bits per heavy atom. The van der Waals surface area contributed by atoms with Gasteiger partial charge in [0.25, 0.3) is 0 Å². The highest BCUT2D eigenvalue weighted by Crippen LogP contribution is 2.37. The zero-order valence-electron chi connectivity index (χ0n) is 17.1. The molecule has 2 N–H and O–H groups in total. The second kappa shape index (κ2) is 8.11. The minimum absolute atomic E-state index is 0.00912. The summed E-state index contributed by atoms with van der Waals surface area (Å²) in [5.74, 6) is 1.53. The molecular formula is C22H25FN4O3S. The van der Waals surface area contributed by atoms with Crippen LogP contribution in [0.3, 0.4) is 0 Å². The summed E-state index contributed by atoms with van der Waals surface area (Å²) >= 11 is 0. The van der Waals surface area contributed by atoms with Crippen molar-refractivity contribution >= 4 is 28.4 Å². The van der Waals surface area contributed by atoms with Crippen molar-refractivity contribution in [2.24, 2.45) is 0 Å². The van der Waals surface area contributed by atoms with Crippen LogP contribution in [-0.4, -0.2) is 63.3 Å². The van der Waals surface area contributed by atoms with Crippen LogP contribution in [0.15, 0.2) is 35.2 Å². The summed E-state index contributed by atoms with van der Waals surface area (Å²) in [6.07, 6.45) is 1.46. The maximum atomic E-state index is 13.2. The molecule has 0 unspecified atom stereocenters. The van der Waals surface area contributed by atoms with Gasteiger partial charge < -0.3 is 20.2 Å². The van der Waals surface area contributed by atoms with E-state index >= 15 is 0 Å². The minimum atomic E-state index is -1.08. The van der Waals surface area contributed by atoms with Crippen LogP contribution in [-0.2, 0) is 17.2 Å². The van der Waals surface area contributed by atoms with Crippen LogP contribution in [0.5, 0.6) is 0 Å². The van der Waals surface area contributed by atoms with E-state index in [1.807, 2.05) is 18.2 Å². The molecule has 4 heterocycles. The normalized spacial score (nSPS) is 23.4. The topological polar surface area (TPSA) is 85.8 Å². The molecule has 1 aromatic heterocycles. The maximum absolute atomic E-state index is 13.2. The van der Waals surface area contributed by atoms with Crippen molar-refractivity contribution in [3.8, 4) is 0 Å². The van der Waals surface area contributed by atoms with E-state index in [9.17, 15) is 18.5 Å². The van der Waals surface area contributed by atoms with Crippen LogP contribution < -0.4 is 10.2 Å². The first kappa shape index (κ1) is 20.2. The van der Waals surface area contributed by atoms with Gasteiger partial charge in [0.2, 0.25) is 0 Å². The van der Waals surface area contributed by atoms with Gasteiger partial charge in [-0.15, -0.1) is 0 Å². The van der Waals surface area contributed by atoms with Crippen LogP contribution in [0.25, 0.3) is 0 Å². The molecule has 0 bridgehead atoms. The number of pyridine rings is 1. The van der Waals surface area contributed by atoms with E-state index in [-0.39, 0.29) is 11.9 Å². The van der Waals surface area contributed by atoms with E-state index in [4.69, 9.17) is 4.98 Å². The van der Waals surface area contributed by atoms with Crippen LogP contribution in [0.1, 0.15) is 30.0 Å². The first-order valence-electron chi connectivity index (χ1n) is 10.6. The fraction of sp³-hybridized carbons (Fsp3) is 0.455. The van der Waals surface area contributed by atoms with E-state index in [1.165, 1.54) is 17.0 Å². The average Bonchev–Trinajstić information content (AvgIpc) is 3.10. The second-order valence-electron chi connectivity index (χ2n) is 8.47. The van der Waals surface area contributed by atoms with Gasteiger partial charge >= 0.3 is 6.09 Å². The third-order valence-corrected chi connectivity index (χ3v) is 7.87. The number of halogens is 1. The third-order valence-electron chi connectivity index (χ3n) is 6.38. The molecule has 9 heteroatoms. The van der Waals surface area contributed by atoms with Crippen molar-refractivity contribution < 1.29 is 18.5 Å². The zero-order chi connectivity index (χ0) is 21.5. The zero-order valence-corrected chi connectivity index (χ0v) is 17.9. The number of carbonyl (C=O) groups is 1. The summed E-state index contributed by atoms with van der Waals surface area (Å²) in [7, 11) is -1.08. The number of carboxylic acid groups (broad SMARTS) is 1. The molecule has 2 saturated heterocycles. The van der Waals surface area contributed by atoms with Gasteiger partial charge in [0.05, 0.1) is 27.1 Å². The lowest BCUT2D eigenvalue weighted by atomic mass is 9.91. The standard InChI is InChI=1S/C22H25FN4O3S/c23-16-5-3-14(4-6-16)15-11-27(12-15)20-10-19(21-18(25-20)7-9-31(21)30)24-17-2-1-8-26(13-17)22(28)29/h3-6,10,15,17H,1-2,7-9,11-13H2,(H,24,25)(H,28,29)/t17-,31-/m1/s1. The van der Waals surface area contributed by atoms with Crippen LogP contribution in [0.4, 0.5) is 20.7 Å². The minimum Gasteiger partial charge on any atom is -0.465 e. The Hall–Kier alpha value is -2.68. The van der Waals surface area contributed by atoms with E-state index < -0.39 is 16.9 Å². The summed E-state index contributed by atoms with van der Waals surface area (Å²) < 4.78 is 25.8. The molecule has 3 aliphatic heterocycles. The monoisotopic (exact) mass is 444 g/mol. The Labute approximate surface area is 182 Å². The molecule has 0 spiro atoms. The molecule has 7 nitrogen and oxygen atoms in total. The lowest BCUT2D eigenvalue weighted by molar-refractivity contribution is 0.133. The number of hydrogen-bond donors (Lipinski definition) is 2. The molecular weight excluding hydrogens is 419 g/mol. The molecule has 5 rings (SSSR count). The molecule has 2 atom stereocenters. The Morgan fingerprint density at radius 2 is 2.00 bits per heavy atom. The molecule has 0 radical (unpaired) electrons. The number of rotatable bonds is 4. The van der Waals surface area contributed by atoms with Gasteiger partial charge in [0.1, 0.15) is 11.6 Å². The molecule has 3 aliphatic rings. The largest absolute Gasteiger partial charge is 0.465 e. The number of benzene rings is 1. The summed E-state index contributed by atoms with van der Waals surface area (Å²) in [6.45, 7) is 2.58. The highest BCUT2D eigenvalue weighted by molar-refractivity contribution is 7.85. The van der Waals surface area contributed by atoms with E-state index in [0.29, 0.717) is 31.2 Å². The fourth-order valence-corrected chi connectivity index (χ4v) is 6.01. The lowest BCUT2D eigenvalue weighted by Gasteiger charge is -2.41. The van der Waals surface area contributed by atoms with Gasteiger partial charge in [-0.1, -0.05) is 12.1 Å². The van der Waals surface area contributed by atoms with Crippen LogP contribution >= 0.6 is 0 Å². The summed E-state index contributed by atoms with van der Waals surface area (Å²) in [6, 6.07) is 8.61. The Bertz CT molecular complexity index is 1030. The van der Waals surface area contributed by atoms with Crippen molar-refractivity contribution in [3.63, 3.8) is 0 Å². The van der Waals surface area contributed by atoms with E-state index in [2.05, 4.69) is 10.2 Å². The van der Waals surface area contributed by atoms with Gasteiger partial charge in [0, 0.05) is 56.4 Å². The number of anilines is 2. The third kappa shape index (κ3) is 3.98. The Balaban J connectivity index is 1.35. The van der Waals surface area contributed by atoms with Gasteiger partial charge in [-0.3, -0.25) is 4.21 Å². The van der Waals surface area contributed by atoms with Gasteiger partial charge in [-0.2, -0.15) is 0 Å². The number of likely N-dealkylation sites (tertiary alicyclic amines) is 1. The van der Waals surface area contributed by atoms with Crippen LogP contribution in [0.2, 0.25) is 0 Å². The van der Waals surface area contributed by atoms with Crippen molar-refractivity contribution in [2.45, 2.75) is 36.1 Å². The predicted molar refractivity (Wildman–Crippen MR) is 117 cm³/mol. The average molecular weight is 445 g/mol. The van der Waals surface area contributed by atoms with Crippen molar-refractivity contribution in [2.75, 3.05) is 42.1 Å². The van der Waals surface area contributed by atoms with E-state index in [0.717, 1.165) is 53.6 Å². The van der Waals surface area contributed by atoms with E-state index in [1.54, 1.807) is 0 Å². The van der Waals surface area contributed by atoms with Crippen molar-refractivity contribution in [3.05, 3.63) is 47.4 Å². The maximum Gasteiger partial charge on any atom is 0.407 e. The molecule has 164 valence electrons. The summed E-state index contributed by atoms with van der Waals surface area (Å²) in [4.78, 5) is 20.5. The summed E-state index contributed by atoms with van der Waals surface area (Å²) in [5, 5.41) is 12.8.